The van der Waals surface area contributed by atoms with Gasteiger partial charge in [0.25, 0.3) is 5.91 Å². The number of benzene rings is 2. The molecule has 2 aromatic carbocycles. The van der Waals surface area contributed by atoms with Gasteiger partial charge in [-0.05, 0) is 69.0 Å². The molecule has 5 aliphatic heterocycles. The van der Waals surface area contributed by atoms with Crippen molar-refractivity contribution in [1.82, 2.24) is 24.8 Å². The minimum atomic E-state index is -0.738. The second-order valence-electron chi connectivity index (χ2n) is 15.2. The van der Waals surface area contributed by atoms with E-state index in [1.54, 1.807) is 6.20 Å². The highest BCUT2D eigenvalue weighted by molar-refractivity contribution is 6.02. The minimum Gasteiger partial charge on any atom is -0.461 e. The zero-order chi connectivity index (χ0) is 35.0. The largest absolute Gasteiger partial charge is 0.461 e. The Labute approximate surface area is 296 Å². The van der Waals surface area contributed by atoms with Crippen molar-refractivity contribution < 1.29 is 23.5 Å². The number of amides is 1. The maximum atomic E-state index is 17.0. The number of fused-ring (bicyclic) bond motifs is 5. The van der Waals surface area contributed by atoms with Gasteiger partial charge in [-0.15, -0.1) is 6.42 Å². The first-order chi connectivity index (χ1) is 24.8. The van der Waals surface area contributed by atoms with Crippen molar-refractivity contribution in [2.45, 2.75) is 76.1 Å². The fourth-order valence-corrected chi connectivity index (χ4v) is 9.57. The Hall–Kier alpha value is -4.82. The second kappa shape index (κ2) is 12.2. The maximum Gasteiger partial charge on any atom is 0.319 e. The molecule has 262 valence electrons. The number of carbonyl (C=O) groups excluding carboxylic acids is 2. The molecule has 0 radical (unpaired) electrons. The highest BCUT2D eigenvalue weighted by Crippen LogP contribution is 2.42. The monoisotopic (exact) mass is 688 g/mol. The molecule has 2 aromatic heterocycles. The highest BCUT2D eigenvalue weighted by atomic mass is 19.1. The lowest BCUT2D eigenvalue weighted by Gasteiger charge is -2.45. The van der Waals surface area contributed by atoms with Crippen LogP contribution in [0, 0.1) is 30.0 Å². The van der Waals surface area contributed by atoms with E-state index >= 15 is 4.39 Å². The van der Waals surface area contributed by atoms with Crippen molar-refractivity contribution in [2.75, 3.05) is 37.7 Å². The second-order valence-corrected chi connectivity index (χ2v) is 15.2. The Morgan fingerprint density at radius 1 is 1.10 bits per heavy atom. The van der Waals surface area contributed by atoms with Crippen molar-refractivity contribution in [1.29, 1.82) is 0 Å². The first kappa shape index (κ1) is 32.1. The summed E-state index contributed by atoms with van der Waals surface area (Å²) in [4.78, 5) is 46.9. The molecule has 4 atom stereocenters. The fraction of sp³-hybridized carbons (Fsp3) is 0.475. The maximum absolute atomic E-state index is 17.0. The van der Waals surface area contributed by atoms with Crippen LogP contribution in [0.4, 0.5) is 10.2 Å². The zero-order valence-electron chi connectivity index (χ0n) is 29.0. The summed E-state index contributed by atoms with van der Waals surface area (Å²) in [5.74, 6) is 1.90. The Kier molecular flexibility index (Phi) is 7.65. The van der Waals surface area contributed by atoms with Crippen LogP contribution in [0.15, 0.2) is 42.6 Å². The van der Waals surface area contributed by atoms with E-state index in [0.717, 1.165) is 62.4 Å². The molecule has 4 aromatic rings. The smallest absolute Gasteiger partial charge is 0.319 e. The van der Waals surface area contributed by atoms with Gasteiger partial charge >= 0.3 is 12.0 Å². The third-order valence-corrected chi connectivity index (χ3v) is 12.1. The average molecular weight is 689 g/mol. The fourth-order valence-electron chi connectivity index (χ4n) is 9.57. The molecule has 5 fully saturated rings. The predicted octanol–water partition coefficient (Wildman–Crippen LogP) is 5.35. The average Bonchev–Trinajstić information content (AvgIpc) is 3.79. The third kappa shape index (κ3) is 5.05. The van der Waals surface area contributed by atoms with Crippen LogP contribution in [-0.4, -0.2) is 93.1 Å². The number of hydrogen-bond acceptors (Lipinski definition) is 9. The van der Waals surface area contributed by atoms with E-state index in [1.165, 1.54) is 0 Å². The number of nitrogens with zero attached hydrogens (tertiary/aromatic N) is 6. The molecular formula is C40H41FN6O4. The summed E-state index contributed by atoms with van der Waals surface area (Å²) in [6.07, 6.45) is 12.8. The van der Waals surface area contributed by atoms with Crippen LogP contribution in [0.2, 0.25) is 0 Å². The van der Waals surface area contributed by atoms with E-state index in [2.05, 4.69) is 15.7 Å². The number of ether oxygens (including phenoxy) is 2. The molecule has 10 nitrogen and oxygen atoms in total. The number of rotatable bonds is 7. The van der Waals surface area contributed by atoms with Crippen molar-refractivity contribution in [3.8, 4) is 29.6 Å². The highest BCUT2D eigenvalue weighted by Gasteiger charge is 2.54. The number of cyclic esters (lactones) is 1. The number of carbonyl (C=O) groups is 2. The molecule has 0 spiro atoms. The number of piperazine rings is 1. The molecule has 0 N–H and O–H groups in total. The molecular weight excluding hydrogens is 647 g/mol. The van der Waals surface area contributed by atoms with Gasteiger partial charge in [-0.1, -0.05) is 50.1 Å². The first-order valence-corrected chi connectivity index (χ1v) is 18.3. The molecule has 2 bridgehead atoms. The van der Waals surface area contributed by atoms with Crippen LogP contribution < -0.4 is 9.64 Å². The van der Waals surface area contributed by atoms with Gasteiger partial charge in [0.05, 0.1) is 10.9 Å². The molecule has 0 unspecified atom stereocenters. The van der Waals surface area contributed by atoms with Crippen LogP contribution in [0.5, 0.6) is 6.01 Å². The van der Waals surface area contributed by atoms with Crippen LogP contribution in [-0.2, 0) is 14.3 Å². The Balaban J connectivity index is 1.10. The number of esters is 1. The molecule has 0 saturated carbocycles. The van der Waals surface area contributed by atoms with E-state index in [0.29, 0.717) is 42.0 Å². The van der Waals surface area contributed by atoms with E-state index in [9.17, 15) is 9.59 Å². The summed E-state index contributed by atoms with van der Waals surface area (Å²) in [5.41, 5.74) is 1.50. The molecule has 9 rings (SSSR count). The summed E-state index contributed by atoms with van der Waals surface area (Å²) in [6.45, 7) is 7.45. The third-order valence-electron chi connectivity index (χ3n) is 12.1. The molecule has 5 saturated heterocycles. The van der Waals surface area contributed by atoms with E-state index < -0.39 is 17.8 Å². The van der Waals surface area contributed by atoms with Crippen molar-refractivity contribution in [3.63, 3.8) is 0 Å². The van der Waals surface area contributed by atoms with Gasteiger partial charge in [-0.3, -0.25) is 19.5 Å². The summed E-state index contributed by atoms with van der Waals surface area (Å²) in [5, 5.41) is 2.14. The zero-order valence-corrected chi connectivity index (χ0v) is 29.0. The van der Waals surface area contributed by atoms with E-state index in [4.69, 9.17) is 30.8 Å². The number of hydrogen-bond donors (Lipinski definition) is 0. The van der Waals surface area contributed by atoms with Crippen LogP contribution in [0.3, 0.4) is 0 Å². The van der Waals surface area contributed by atoms with Crippen LogP contribution >= 0.6 is 0 Å². The number of anilines is 1. The number of pyridine rings is 1. The molecule has 5 aliphatic rings. The van der Waals surface area contributed by atoms with Crippen molar-refractivity contribution in [3.05, 3.63) is 54.0 Å². The van der Waals surface area contributed by atoms with Gasteiger partial charge in [-0.2, -0.15) is 9.97 Å². The number of terminal acetylenes is 1. The van der Waals surface area contributed by atoms with Gasteiger partial charge in [-0.25, -0.2) is 4.39 Å². The van der Waals surface area contributed by atoms with Gasteiger partial charge in [0.1, 0.15) is 29.6 Å². The Morgan fingerprint density at radius 2 is 1.82 bits per heavy atom. The van der Waals surface area contributed by atoms with Gasteiger partial charge in [0, 0.05) is 47.9 Å². The van der Waals surface area contributed by atoms with Gasteiger partial charge in [0.2, 0.25) is 0 Å². The minimum absolute atomic E-state index is 0.0179. The molecule has 11 heteroatoms. The predicted molar refractivity (Wildman–Crippen MR) is 191 cm³/mol. The first-order valence-electron chi connectivity index (χ1n) is 18.3. The molecule has 7 heterocycles. The van der Waals surface area contributed by atoms with Crippen molar-refractivity contribution in [2.24, 2.45) is 11.8 Å². The SMILES string of the molecule is C#Cc1cccc2cccc(-c3ncc4c(N5C[C@H]6CC[C@@H](C5)N6C(=O)[C@H]5OC(=O)[C@@H]5C(C)C)nc(OCC56CCCN5CCC6)nc4c3F)c12. The normalized spacial score (nSPS) is 25.3. The number of aromatic nitrogens is 3. The summed E-state index contributed by atoms with van der Waals surface area (Å²) >= 11 is 0. The summed E-state index contributed by atoms with van der Waals surface area (Å²) < 4.78 is 28.9. The molecule has 51 heavy (non-hydrogen) atoms. The Morgan fingerprint density at radius 3 is 2.51 bits per heavy atom. The van der Waals surface area contributed by atoms with Crippen LogP contribution in [0.1, 0.15) is 57.9 Å². The topological polar surface area (TPSA) is 101 Å². The summed E-state index contributed by atoms with van der Waals surface area (Å²) in [7, 11) is 0. The van der Waals surface area contributed by atoms with Crippen molar-refractivity contribution >= 4 is 39.4 Å². The van der Waals surface area contributed by atoms with Crippen LogP contribution in [0.25, 0.3) is 32.9 Å². The van der Waals surface area contributed by atoms with E-state index in [1.807, 2.05) is 55.1 Å². The van der Waals surface area contributed by atoms with Gasteiger partial charge in [0.15, 0.2) is 11.9 Å². The van der Waals surface area contributed by atoms with Gasteiger partial charge < -0.3 is 19.3 Å². The quantitative estimate of drug-likeness (QED) is 0.188. The summed E-state index contributed by atoms with van der Waals surface area (Å²) in [6, 6.07) is 11.3. The Bertz CT molecular complexity index is 2100. The van der Waals surface area contributed by atoms with E-state index in [-0.39, 0.29) is 52.6 Å². The lowest BCUT2D eigenvalue weighted by molar-refractivity contribution is -0.197. The molecule has 1 amide bonds. The standard InChI is InChI=1S/C40H41FN6O4/c1-4-24-9-5-10-25-11-6-12-28(31(24)25)33-32(41)34-29(19-42-33)36(44-39(43-34)50-22-40-15-7-17-46(40)18-8-16-40)45-20-26-13-14-27(21-45)47(26)37(48)35-30(23(2)3)38(49)51-35/h1,5-6,9-12,19,23,26-27,30,35H,7-8,13-18,20-22H2,2-3H3/t26-,27+,30-,35+/m1/s1. The lowest BCUT2D eigenvalue weighted by Crippen LogP contribution is -2.63. The molecule has 0 aliphatic carbocycles. The lowest BCUT2D eigenvalue weighted by atomic mass is 9.85. The number of halogens is 1.